The maximum atomic E-state index is 3.67. The average Bonchev–Trinajstić information content (AvgIpc) is 2.51. The van der Waals surface area contributed by atoms with Crippen LogP contribution in [0.15, 0.2) is 18.2 Å². The Morgan fingerprint density at radius 2 is 1.80 bits per heavy atom. The smallest absolute Gasteiger partial charge is 0.0108 e. The van der Waals surface area contributed by atoms with E-state index in [1.807, 2.05) is 0 Å². The van der Waals surface area contributed by atoms with Crippen LogP contribution in [0.2, 0.25) is 0 Å². The molecule has 0 amide bonds. The maximum Gasteiger partial charge on any atom is 0.0108 e. The molecule has 1 aliphatic carbocycles. The van der Waals surface area contributed by atoms with Crippen molar-refractivity contribution in [1.82, 2.24) is 5.32 Å². The minimum atomic E-state index is 0.711. The molecule has 3 rings (SSSR count). The summed E-state index contributed by atoms with van der Waals surface area (Å²) in [6.07, 6.45) is 12.4. The van der Waals surface area contributed by atoms with E-state index < -0.39 is 0 Å². The lowest BCUT2D eigenvalue weighted by atomic mass is 9.82. The van der Waals surface area contributed by atoms with Crippen LogP contribution in [0.25, 0.3) is 0 Å². The Kier molecular flexibility index (Phi) is 4.77. The highest BCUT2D eigenvalue weighted by atomic mass is 14.9. The van der Waals surface area contributed by atoms with Crippen molar-refractivity contribution in [3.8, 4) is 0 Å². The summed E-state index contributed by atoms with van der Waals surface area (Å²) in [7, 11) is 0. The molecule has 0 bridgehead atoms. The van der Waals surface area contributed by atoms with Gasteiger partial charge in [0.15, 0.2) is 0 Å². The Bertz CT molecular complexity index is 425. The van der Waals surface area contributed by atoms with E-state index in [0.717, 1.165) is 5.92 Å². The summed E-state index contributed by atoms with van der Waals surface area (Å²) in [4.78, 5) is 0. The second-order valence-electron chi connectivity index (χ2n) is 6.87. The van der Waals surface area contributed by atoms with Crippen LogP contribution >= 0.6 is 0 Å². The highest BCUT2D eigenvalue weighted by molar-refractivity contribution is 5.33. The topological polar surface area (TPSA) is 12.0 Å². The largest absolute Gasteiger partial charge is 0.314 e. The molecule has 110 valence electrons. The highest BCUT2D eigenvalue weighted by Crippen LogP contribution is 2.33. The molecule has 1 aromatic carbocycles. The monoisotopic (exact) mass is 271 g/mol. The van der Waals surface area contributed by atoms with E-state index in [0.29, 0.717) is 6.04 Å². The molecule has 20 heavy (non-hydrogen) atoms. The number of benzene rings is 1. The molecule has 1 N–H and O–H groups in total. The number of hydrogen-bond acceptors (Lipinski definition) is 1. The fourth-order valence-corrected chi connectivity index (χ4v) is 4.00. The zero-order chi connectivity index (χ0) is 13.8. The van der Waals surface area contributed by atoms with Crippen LogP contribution in [0.3, 0.4) is 0 Å². The van der Waals surface area contributed by atoms with Crippen LogP contribution in [-0.4, -0.2) is 12.6 Å². The van der Waals surface area contributed by atoms with Crippen LogP contribution in [0, 0.1) is 6.92 Å². The van der Waals surface area contributed by atoms with Crippen molar-refractivity contribution in [2.24, 2.45) is 0 Å². The second kappa shape index (κ2) is 6.76. The Labute approximate surface area is 124 Å². The second-order valence-corrected chi connectivity index (χ2v) is 6.87. The van der Waals surface area contributed by atoms with E-state index in [4.69, 9.17) is 0 Å². The van der Waals surface area contributed by atoms with Gasteiger partial charge in [-0.3, -0.25) is 0 Å². The Morgan fingerprint density at radius 3 is 2.50 bits per heavy atom. The van der Waals surface area contributed by atoms with Crippen LogP contribution in [-0.2, 0) is 6.42 Å². The average molecular weight is 271 g/mol. The lowest BCUT2D eigenvalue weighted by Gasteiger charge is -2.25. The quantitative estimate of drug-likeness (QED) is 0.838. The molecule has 1 heteroatoms. The molecule has 2 fully saturated rings. The number of hydrogen-bond donors (Lipinski definition) is 1. The van der Waals surface area contributed by atoms with E-state index in [2.05, 4.69) is 30.4 Å². The van der Waals surface area contributed by atoms with Crippen LogP contribution in [0.5, 0.6) is 0 Å². The SMILES string of the molecule is Cc1cc(C2CCCCC2)ccc1CC1CCCCN1. The zero-order valence-electron chi connectivity index (χ0n) is 13.0. The molecule has 1 nitrogen and oxygen atoms in total. The molecule has 1 aromatic rings. The number of aryl methyl sites for hydroxylation is 1. The molecular formula is C19H29N. The van der Waals surface area contributed by atoms with Crippen LogP contribution in [0.1, 0.15) is 74.0 Å². The van der Waals surface area contributed by atoms with E-state index >= 15 is 0 Å². The molecule has 0 spiro atoms. The molecule has 1 heterocycles. The molecule has 1 aliphatic heterocycles. The fourth-order valence-electron chi connectivity index (χ4n) is 4.00. The van der Waals surface area contributed by atoms with Crippen molar-refractivity contribution >= 4 is 0 Å². The predicted molar refractivity (Wildman–Crippen MR) is 86.4 cm³/mol. The van der Waals surface area contributed by atoms with Gasteiger partial charge < -0.3 is 5.32 Å². The molecular weight excluding hydrogens is 242 g/mol. The summed E-state index contributed by atoms with van der Waals surface area (Å²) in [5.74, 6) is 0.837. The molecule has 1 atom stereocenters. The lowest BCUT2D eigenvalue weighted by molar-refractivity contribution is 0.399. The molecule has 0 aromatic heterocycles. The zero-order valence-corrected chi connectivity index (χ0v) is 13.0. The van der Waals surface area contributed by atoms with Gasteiger partial charge in [-0.25, -0.2) is 0 Å². The Balaban J connectivity index is 1.66. The lowest BCUT2D eigenvalue weighted by Crippen LogP contribution is -2.35. The first-order chi connectivity index (χ1) is 9.83. The van der Waals surface area contributed by atoms with E-state index in [-0.39, 0.29) is 0 Å². The predicted octanol–water partition coefficient (Wildman–Crippen LogP) is 4.73. The Hall–Kier alpha value is -0.820. The van der Waals surface area contributed by atoms with Crippen molar-refractivity contribution < 1.29 is 0 Å². The normalized spacial score (nSPS) is 24.8. The van der Waals surface area contributed by atoms with Crippen molar-refractivity contribution in [2.45, 2.75) is 76.7 Å². The van der Waals surface area contributed by atoms with Gasteiger partial charge in [-0.05, 0) is 68.2 Å². The van der Waals surface area contributed by atoms with Crippen molar-refractivity contribution in [1.29, 1.82) is 0 Å². The van der Waals surface area contributed by atoms with Gasteiger partial charge in [0, 0.05) is 6.04 Å². The van der Waals surface area contributed by atoms with E-state index in [1.165, 1.54) is 69.9 Å². The summed E-state index contributed by atoms with van der Waals surface area (Å²) in [5.41, 5.74) is 4.67. The van der Waals surface area contributed by atoms with Gasteiger partial charge in [-0.1, -0.05) is 43.9 Å². The summed E-state index contributed by atoms with van der Waals surface area (Å²) in [5, 5.41) is 3.67. The van der Waals surface area contributed by atoms with Gasteiger partial charge in [0.2, 0.25) is 0 Å². The molecule has 1 saturated carbocycles. The molecule has 1 unspecified atom stereocenters. The third-order valence-corrected chi connectivity index (χ3v) is 5.32. The molecule has 1 saturated heterocycles. The first-order valence-corrected chi connectivity index (χ1v) is 8.66. The first-order valence-electron chi connectivity index (χ1n) is 8.66. The van der Waals surface area contributed by atoms with Crippen molar-refractivity contribution in [3.63, 3.8) is 0 Å². The van der Waals surface area contributed by atoms with Crippen LogP contribution < -0.4 is 5.32 Å². The summed E-state index contributed by atoms with van der Waals surface area (Å²) in [6.45, 7) is 3.52. The minimum Gasteiger partial charge on any atom is -0.314 e. The molecule has 0 radical (unpaired) electrons. The molecule has 2 aliphatic rings. The van der Waals surface area contributed by atoms with Crippen molar-refractivity contribution in [2.75, 3.05) is 6.54 Å². The van der Waals surface area contributed by atoms with Gasteiger partial charge in [0.25, 0.3) is 0 Å². The van der Waals surface area contributed by atoms with Gasteiger partial charge in [0.05, 0.1) is 0 Å². The summed E-state index contributed by atoms with van der Waals surface area (Å²) >= 11 is 0. The summed E-state index contributed by atoms with van der Waals surface area (Å²) in [6, 6.07) is 8.02. The first kappa shape index (κ1) is 14.1. The third kappa shape index (κ3) is 3.44. The number of rotatable bonds is 3. The van der Waals surface area contributed by atoms with E-state index in [1.54, 1.807) is 11.1 Å². The summed E-state index contributed by atoms with van der Waals surface area (Å²) < 4.78 is 0. The third-order valence-electron chi connectivity index (χ3n) is 5.32. The highest BCUT2D eigenvalue weighted by Gasteiger charge is 2.17. The van der Waals surface area contributed by atoms with Gasteiger partial charge in [0.1, 0.15) is 0 Å². The Morgan fingerprint density at radius 1 is 1.00 bits per heavy atom. The minimum absolute atomic E-state index is 0.711. The van der Waals surface area contributed by atoms with E-state index in [9.17, 15) is 0 Å². The standard InChI is InChI=1S/C19H29N/c1-15-13-18(16-7-3-2-4-8-16)11-10-17(15)14-19-9-5-6-12-20-19/h10-11,13,16,19-20H,2-9,12,14H2,1H3. The number of nitrogens with one attached hydrogen (secondary N) is 1. The van der Waals surface area contributed by atoms with Crippen molar-refractivity contribution in [3.05, 3.63) is 34.9 Å². The van der Waals surface area contributed by atoms with Gasteiger partial charge in [-0.15, -0.1) is 0 Å². The van der Waals surface area contributed by atoms with Crippen LogP contribution in [0.4, 0.5) is 0 Å². The maximum absolute atomic E-state index is 3.67. The number of piperidine rings is 1. The van der Waals surface area contributed by atoms with Gasteiger partial charge >= 0.3 is 0 Å². The fraction of sp³-hybridized carbons (Fsp3) is 0.684. The van der Waals surface area contributed by atoms with Gasteiger partial charge in [-0.2, -0.15) is 0 Å².